The number of nitrogens with one attached hydrogen (secondary N) is 1. The van der Waals surface area contributed by atoms with Crippen LogP contribution in [0.25, 0.3) is 0 Å². The average Bonchev–Trinajstić information content (AvgIpc) is 2.44. The molecule has 2 aromatic rings. The third-order valence-corrected chi connectivity index (χ3v) is 5.41. The van der Waals surface area contributed by atoms with Crippen LogP contribution in [0, 0.1) is 26.6 Å². The zero-order valence-electron chi connectivity index (χ0n) is 13.9. The molecule has 2 aromatic carbocycles. The molecule has 0 aliphatic carbocycles. The second kappa shape index (κ2) is 6.81. The molecule has 0 unspecified atom stereocenters. The fourth-order valence-corrected chi connectivity index (χ4v) is 4.04. The fraction of sp³-hybridized carbons (Fsp3) is 0.333. The first kappa shape index (κ1) is 17.6. The zero-order chi connectivity index (χ0) is 17.2. The predicted molar refractivity (Wildman–Crippen MR) is 91.2 cm³/mol. The van der Waals surface area contributed by atoms with Gasteiger partial charge in [0.05, 0.1) is 5.75 Å². The summed E-state index contributed by atoms with van der Waals surface area (Å²) in [6.45, 7) is 7.79. The molecule has 1 N–H and O–H groups in total. The third-order valence-electron chi connectivity index (χ3n) is 4.01. The smallest absolute Gasteiger partial charge is 0.212 e. The highest BCUT2D eigenvalue weighted by molar-refractivity contribution is 7.88. The van der Waals surface area contributed by atoms with E-state index < -0.39 is 15.8 Å². The fourth-order valence-electron chi connectivity index (χ4n) is 2.64. The maximum Gasteiger partial charge on any atom is 0.216 e. The maximum absolute atomic E-state index is 13.6. The first-order valence-electron chi connectivity index (χ1n) is 7.51. The Balaban J connectivity index is 2.20. The van der Waals surface area contributed by atoms with Gasteiger partial charge >= 0.3 is 0 Å². The van der Waals surface area contributed by atoms with Crippen molar-refractivity contribution in [3.05, 3.63) is 70.0 Å². The first-order chi connectivity index (χ1) is 10.7. The predicted octanol–water partition coefficient (Wildman–Crippen LogP) is 3.93. The number of hydrogen-bond donors (Lipinski definition) is 1. The summed E-state index contributed by atoms with van der Waals surface area (Å²) in [6, 6.07) is 9.60. The van der Waals surface area contributed by atoms with Crippen LogP contribution >= 0.6 is 0 Å². The van der Waals surface area contributed by atoms with Crippen LogP contribution in [0.4, 0.5) is 4.39 Å². The summed E-state index contributed by atoms with van der Waals surface area (Å²) in [5, 5.41) is 0. The van der Waals surface area contributed by atoms with Crippen molar-refractivity contribution in [1.82, 2.24) is 4.72 Å². The van der Waals surface area contributed by atoms with Gasteiger partial charge in [0.2, 0.25) is 10.0 Å². The van der Waals surface area contributed by atoms with E-state index in [0.717, 1.165) is 16.7 Å². The molecule has 0 heterocycles. The molecule has 0 saturated heterocycles. The topological polar surface area (TPSA) is 46.2 Å². The second-order valence-electron chi connectivity index (χ2n) is 5.98. The number of halogens is 1. The van der Waals surface area contributed by atoms with Crippen LogP contribution in [0.2, 0.25) is 0 Å². The molecular formula is C18H22FNO2S. The number of hydrogen-bond acceptors (Lipinski definition) is 2. The maximum atomic E-state index is 13.6. The van der Waals surface area contributed by atoms with Gasteiger partial charge in [0.15, 0.2) is 0 Å². The van der Waals surface area contributed by atoms with E-state index in [-0.39, 0.29) is 17.4 Å². The summed E-state index contributed by atoms with van der Waals surface area (Å²) < 4.78 is 40.9. The van der Waals surface area contributed by atoms with Gasteiger partial charge < -0.3 is 0 Å². The highest BCUT2D eigenvalue weighted by atomic mass is 32.2. The van der Waals surface area contributed by atoms with Crippen molar-refractivity contribution < 1.29 is 12.8 Å². The molecule has 0 saturated carbocycles. The summed E-state index contributed by atoms with van der Waals surface area (Å²) in [4.78, 5) is 0. The molecule has 0 aliphatic rings. The molecule has 0 bridgehead atoms. The normalized spacial score (nSPS) is 13.1. The van der Waals surface area contributed by atoms with Gasteiger partial charge in [-0.15, -0.1) is 0 Å². The van der Waals surface area contributed by atoms with E-state index in [1.807, 2.05) is 32.9 Å². The van der Waals surface area contributed by atoms with Crippen molar-refractivity contribution in [2.45, 2.75) is 39.5 Å². The molecule has 0 fully saturated rings. The van der Waals surface area contributed by atoms with E-state index in [0.29, 0.717) is 0 Å². The summed E-state index contributed by atoms with van der Waals surface area (Å²) in [5.74, 6) is -0.874. The lowest BCUT2D eigenvalue weighted by Gasteiger charge is -2.18. The van der Waals surface area contributed by atoms with Crippen LogP contribution < -0.4 is 4.72 Å². The Labute approximate surface area is 137 Å². The standard InChI is InChI=1S/C18H22FNO2S/c1-12-9-14(3)17(10-13(12)2)15(4)20-23(21,22)11-16-7-5-6-8-18(16)19/h5-10,15,20H,11H2,1-4H3/t15-/m0/s1. The van der Waals surface area contributed by atoms with Crippen LogP contribution in [-0.2, 0) is 15.8 Å². The molecule has 0 aromatic heterocycles. The van der Waals surface area contributed by atoms with Gasteiger partial charge in [0.25, 0.3) is 0 Å². The zero-order valence-corrected chi connectivity index (χ0v) is 14.7. The summed E-state index contributed by atoms with van der Waals surface area (Å²) in [5.41, 5.74) is 4.43. The van der Waals surface area contributed by atoms with E-state index >= 15 is 0 Å². The van der Waals surface area contributed by atoms with Crippen LogP contribution in [-0.4, -0.2) is 8.42 Å². The summed E-state index contributed by atoms with van der Waals surface area (Å²) >= 11 is 0. The monoisotopic (exact) mass is 335 g/mol. The van der Waals surface area contributed by atoms with E-state index in [4.69, 9.17) is 0 Å². The molecule has 2 rings (SSSR count). The quantitative estimate of drug-likeness (QED) is 0.900. The molecule has 3 nitrogen and oxygen atoms in total. The molecule has 0 spiro atoms. The molecule has 5 heteroatoms. The lowest BCUT2D eigenvalue weighted by atomic mass is 9.97. The Bertz CT molecular complexity index is 816. The Morgan fingerprint density at radius 2 is 1.65 bits per heavy atom. The van der Waals surface area contributed by atoms with Gasteiger partial charge in [-0.25, -0.2) is 17.5 Å². The lowest BCUT2D eigenvalue weighted by Crippen LogP contribution is -2.29. The minimum absolute atomic E-state index is 0.170. The first-order valence-corrected chi connectivity index (χ1v) is 9.16. The number of rotatable bonds is 5. The van der Waals surface area contributed by atoms with Gasteiger partial charge in [0.1, 0.15) is 5.82 Å². The highest BCUT2D eigenvalue weighted by Gasteiger charge is 2.19. The van der Waals surface area contributed by atoms with Gasteiger partial charge in [-0.05, 0) is 56.0 Å². The lowest BCUT2D eigenvalue weighted by molar-refractivity contribution is 0.561. The molecule has 23 heavy (non-hydrogen) atoms. The number of aryl methyl sites for hydroxylation is 3. The summed E-state index contributed by atoms with van der Waals surface area (Å²) in [7, 11) is -3.63. The Morgan fingerprint density at radius 1 is 1.04 bits per heavy atom. The molecule has 0 amide bonds. The minimum atomic E-state index is -3.63. The van der Waals surface area contributed by atoms with Crippen molar-refractivity contribution in [1.29, 1.82) is 0 Å². The van der Waals surface area contributed by atoms with Crippen molar-refractivity contribution in [3.8, 4) is 0 Å². The minimum Gasteiger partial charge on any atom is -0.212 e. The molecule has 0 aliphatic heterocycles. The van der Waals surface area contributed by atoms with Crippen molar-refractivity contribution in [3.63, 3.8) is 0 Å². The SMILES string of the molecule is Cc1cc(C)c([C@H](C)NS(=O)(=O)Cc2ccccc2F)cc1C. The van der Waals surface area contributed by atoms with Gasteiger partial charge in [-0.1, -0.05) is 30.3 Å². The Morgan fingerprint density at radius 3 is 2.30 bits per heavy atom. The van der Waals surface area contributed by atoms with Crippen LogP contribution in [0.15, 0.2) is 36.4 Å². The van der Waals surface area contributed by atoms with Crippen LogP contribution in [0.3, 0.4) is 0 Å². The molecular weight excluding hydrogens is 313 g/mol. The molecule has 0 radical (unpaired) electrons. The summed E-state index contributed by atoms with van der Waals surface area (Å²) in [6.07, 6.45) is 0. The van der Waals surface area contributed by atoms with E-state index in [1.54, 1.807) is 19.1 Å². The van der Waals surface area contributed by atoms with Gasteiger partial charge in [-0.2, -0.15) is 0 Å². The van der Waals surface area contributed by atoms with Gasteiger partial charge in [0, 0.05) is 11.6 Å². The Kier molecular flexibility index (Phi) is 5.22. The second-order valence-corrected chi connectivity index (χ2v) is 7.74. The van der Waals surface area contributed by atoms with Crippen molar-refractivity contribution in [2.75, 3.05) is 0 Å². The van der Waals surface area contributed by atoms with Crippen molar-refractivity contribution >= 4 is 10.0 Å². The Hall–Kier alpha value is -1.72. The van der Waals surface area contributed by atoms with Crippen LogP contribution in [0.5, 0.6) is 0 Å². The number of sulfonamides is 1. The molecule has 1 atom stereocenters. The van der Waals surface area contributed by atoms with Crippen LogP contribution in [0.1, 0.15) is 40.8 Å². The molecule has 124 valence electrons. The van der Waals surface area contributed by atoms with Crippen molar-refractivity contribution in [2.24, 2.45) is 0 Å². The average molecular weight is 335 g/mol. The third kappa shape index (κ3) is 4.39. The number of benzene rings is 2. The highest BCUT2D eigenvalue weighted by Crippen LogP contribution is 2.23. The van der Waals surface area contributed by atoms with E-state index in [9.17, 15) is 12.8 Å². The van der Waals surface area contributed by atoms with E-state index in [2.05, 4.69) is 4.72 Å². The largest absolute Gasteiger partial charge is 0.216 e. The van der Waals surface area contributed by atoms with E-state index in [1.165, 1.54) is 17.7 Å². The van der Waals surface area contributed by atoms with Gasteiger partial charge in [-0.3, -0.25) is 0 Å².